The van der Waals surface area contributed by atoms with Gasteiger partial charge in [0.15, 0.2) is 0 Å². The number of rotatable bonds is 2. The lowest BCUT2D eigenvalue weighted by Crippen LogP contribution is -2.57. The summed E-state index contributed by atoms with van der Waals surface area (Å²) in [4.78, 5) is 2.07. The Morgan fingerprint density at radius 1 is 1.20 bits per heavy atom. The SMILES string of the molecule is CC(N)c1cccc(F)c1N1CC(C)(C)OC(C)(C)C1. The van der Waals surface area contributed by atoms with Gasteiger partial charge in [0.2, 0.25) is 0 Å². The van der Waals surface area contributed by atoms with Crippen molar-refractivity contribution in [2.45, 2.75) is 51.9 Å². The highest BCUT2D eigenvalue weighted by molar-refractivity contribution is 5.57. The van der Waals surface area contributed by atoms with E-state index < -0.39 is 0 Å². The number of para-hydroxylation sites is 1. The van der Waals surface area contributed by atoms with Gasteiger partial charge in [0.05, 0.1) is 16.9 Å². The van der Waals surface area contributed by atoms with E-state index >= 15 is 0 Å². The van der Waals surface area contributed by atoms with E-state index in [2.05, 4.69) is 4.90 Å². The molecule has 3 nitrogen and oxygen atoms in total. The van der Waals surface area contributed by atoms with Crippen LogP contribution < -0.4 is 10.6 Å². The van der Waals surface area contributed by atoms with E-state index in [0.29, 0.717) is 18.8 Å². The highest BCUT2D eigenvalue weighted by Crippen LogP contribution is 2.35. The van der Waals surface area contributed by atoms with Crippen molar-refractivity contribution in [2.75, 3.05) is 18.0 Å². The molecule has 1 saturated heterocycles. The quantitative estimate of drug-likeness (QED) is 0.904. The fourth-order valence-corrected chi connectivity index (χ4v) is 3.18. The third-order valence-electron chi connectivity index (χ3n) is 3.52. The third kappa shape index (κ3) is 3.13. The molecule has 0 aliphatic carbocycles. The average molecular weight is 280 g/mol. The van der Waals surface area contributed by atoms with Crippen molar-refractivity contribution >= 4 is 5.69 Å². The summed E-state index contributed by atoms with van der Waals surface area (Å²) in [6, 6.07) is 4.92. The molecular weight excluding hydrogens is 255 g/mol. The van der Waals surface area contributed by atoms with Crippen LogP contribution in [-0.4, -0.2) is 24.3 Å². The number of benzene rings is 1. The summed E-state index contributed by atoms with van der Waals surface area (Å²) in [5, 5.41) is 0. The Balaban J connectivity index is 2.45. The zero-order chi connectivity index (χ0) is 15.1. The first-order valence-corrected chi connectivity index (χ1v) is 7.10. The van der Waals surface area contributed by atoms with Crippen LogP contribution in [0, 0.1) is 5.82 Å². The molecule has 2 N–H and O–H groups in total. The molecule has 1 aliphatic heterocycles. The molecule has 20 heavy (non-hydrogen) atoms. The van der Waals surface area contributed by atoms with Crippen molar-refractivity contribution in [3.63, 3.8) is 0 Å². The molecule has 1 aromatic carbocycles. The molecule has 112 valence electrons. The normalized spacial score (nSPS) is 22.6. The van der Waals surface area contributed by atoms with Gasteiger partial charge in [-0.05, 0) is 46.2 Å². The summed E-state index contributed by atoms with van der Waals surface area (Å²) in [6.07, 6.45) is 0. The number of hydrogen-bond donors (Lipinski definition) is 1. The van der Waals surface area contributed by atoms with E-state index in [0.717, 1.165) is 5.56 Å². The molecule has 2 rings (SSSR count). The van der Waals surface area contributed by atoms with Crippen LogP contribution in [0.25, 0.3) is 0 Å². The van der Waals surface area contributed by atoms with E-state index in [9.17, 15) is 4.39 Å². The maximum Gasteiger partial charge on any atom is 0.146 e. The molecule has 1 fully saturated rings. The number of nitrogens with zero attached hydrogens (tertiary/aromatic N) is 1. The molecule has 0 spiro atoms. The van der Waals surface area contributed by atoms with Gasteiger partial charge >= 0.3 is 0 Å². The summed E-state index contributed by atoms with van der Waals surface area (Å²) in [5.41, 5.74) is 6.82. The van der Waals surface area contributed by atoms with Crippen LogP contribution in [0.4, 0.5) is 10.1 Å². The van der Waals surface area contributed by atoms with E-state index in [1.54, 1.807) is 6.07 Å². The van der Waals surface area contributed by atoms with Crippen molar-refractivity contribution < 1.29 is 9.13 Å². The molecule has 1 atom stereocenters. The molecular formula is C16H25FN2O. The first kappa shape index (κ1) is 15.3. The molecule has 1 aromatic rings. The summed E-state index contributed by atoms with van der Waals surface area (Å²) >= 11 is 0. The van der Waals surface area contributed by atoms with Crippen LogP contribution in [0.15, 0.2) is 18.2 Å². The predicted octanol–water partition coefficient (Wildman–Crippen LogP) is 3.24. The lowest BCUT2D eigenvalue weighted by atomic mass is 9.96. The fourth-order valence-electron chi connectivity index (χ4n) is 3.18. The van der Waals surface area contributed by atoms with Gasteiger partial charge in [-0.3, -0.25) is 0 Å². The van der Waals surface area contributed by atoms with Crippen molar-refractivity contribution in [2.24, 2.45) is 5.73 Å². The predicted molar refractivity (Wildman–Crippen MR) is 80.5 cm³/mol. The lowest BCUT2D eigenvalue weighted by Gasteiger charge is -2.48. The van der Waals surface area contributed by atoms with Crippen LogP contribution in [0.3, 0.4) is 0 Å². The Labute approximate surface area is 120 Å². The maximum absolute atomic E-state index is 14.4. The van der Waals surface area contributed by atoms with Crippen molar-refractivity contribution in [1.29, 1.82) is 0 Å². The summed E-state index contributed by atoms with van der Waals surface area (Å²) < 4.78 is 20.4. The minimum Gasteiger partial charge on any atom is -0.366 e. The Hall–Kier alpha value is -1.13. The zero-order valence-electron chi connectivity index (χ0n) is 13.0. The minimum absolute atomic E-state index is 0.199. The molecule has 1 unspecified atom stereocenters. The largest absolute Gasteiger partial charge is 0.366 e. The van der Waals surface area contributed by atoms with Crippen LogP contribution in [0.5, 0.6) is 0 Å². The van der Waals surface area contributed by atoms with E-state index in [-0.39, 0.29) is 23.1 Å². The van der Waals surface area contributed by atoms with Gasteiger partial charge in [-0.15, -0.1) is 0 Å². The van der Waals surface area contributed by atoms with Gasteiger partial charge in [-0.25, -0.2) is 4.39 Å². The fraction of sp³-hybridized carbons (Fsp3) is 0.625. The van der Waals surface area contributed by atoms with Crippen LogP contribution in [0.1, 0.15) is 46.2 Å². The van der Waals surface area contributed by atoms with Gasteiger partial charge in [0, 0.05) is 19.1 Å². The van der Waals surface area contributed by atoms with E-state index in [1.807, 2.05) is 40.7 Å². The summed E-state index contributed by atoms with van der Waals surface area (Å²) in [7, 11) is 0. The number of hydrogen-bond acceptors (Lipinski definition) is 3. The summed E-state index contributed by atoms with van der Waals surface area (Å²) in [6.45, 7) is 11.3. The van der Waals surface area contributed by atoms with E-state index in [1.165, 1.54) is 6.07 Å². The number of halogens is 1. The second kappa shape index (κ2) is 5.01. The molecule has 0 aromatic heterocycles. The highest BCUT2D eigenvalue weighted by Gasteiger charge is 2.39. The second-order valence-corrected chi connectivity index (χ2v) is 6.94. The van der Waals surface area contributed by atoms with Gasteiger partial charge in [0.25, 0.3) is 0 Å². The first-order valence-electron chi connectivity index (χ1n) is 7.10. The number of morpholine rings is 1. The Kier molecular flexibility index (Phi) is 3.82. The van der Waals surface area contributed by atoms with Gasteiger partial charge in [-0.2, -0.15) is 0 Å². The molecule has 0 saturated carbocycles. The minimum atomic E-state index is -0.320. The number of anilines is 1. The molecule has 0 bridgehead atoms. The lowest BCUT2D eigenvalue weighted by molar-refractivity contribution is -0.133. The average Bonchev–Trinajstić information content (AvgIpc) is 2.23. The third-order valence-corrected chi connectivity index (χ3v) is 3.52. The zero-order valence-corrected chi connectivity index (χ0v) is 13.0. The highest BCUT2D eigenvalue weighted by atomic mass is 19.1. The Bertz CT molecular complexity index is 481. The smallest absolute Gasteiger partial charge is 0.146 e. The maximum atomic E-state index is 14.4. The van der Waals surface area contributed by atoms with Crippen LogP contribution >= 0.6 is 0 Å². The Morgan fingerprint density at radius 2 is 1.75 bits per heavy atom. The molecule has 0 amide bonds. The van der Waals surface area contributed by atoms with Gasteiger partial charge in [0.1, 0.15) is 5.82 Å². The molecule has 0 radical (unpaired) electrons. The monoisotopic (exact) mass is 280 g/mol. The van der Waals surface area contributed by atoms with Crippen LogP contribution in [0.2, 0.25) is 0 Å². The molecule has 1 aliphatic rings. The Morgan fingerprint density at radius 3 is 2.25 bits per heavy atom. The van der Waals surface area contributed by atoms with Gasteiger partial charge < -0.3 is 15.4 Å². The van der Waals surface area contributed by atoms with Crippen LogP contribution in [-0.2, 0) is 4.74 Å². The standard InChI is InChI=1S/C16H25FN2O/c1-11(18)12-7-6-8-13(17)14(12)19-9-15(2,3)20-16(4,5)10-19/h6-8,11H,9-10,18H2,1-5H3. The molecule has 4 heteroatoms. The number of ether oxygens (including phenoxy) is 1. The van der Waals surface area contributed by atoms with Crippen molar-refractivity contribution in [3.05, 3.63) is 29.6 Å². The second-order valence-electron chi connectivity index (χ2n) is 6.94. The van der Waals surface area contributed by atoms with Crippen molar-refractivity contribution in [1.82, 2.24) is 0 Å². The molecule has 1 heterocycles. The summed E-state index contributed by atoms with van der Waals surface area (Å²) in [5.74, 6) is -0.215. The number of nitrogens with two attached hydrogens (primary N) is 1. The first-order chi connectivity index (χ1) is 9.11. The van der Waals surface area contributed by atoms with Gasteiger partial charge in [-0.1, -0.05) is 12.1 Å². The van der Waals surface area contributed by atoms with E-state index in [4.69, 9.17) is 10.5 Å². The van der Waals surface area contributed by atoms with Crippen molar-refractivity contribution in [3.8, 4) is 0 Å². The topological polar surface area (TPSA) is 38.5 Å².